The van der Waals surface area contributed by atoms with Crippen molar-refractivity contribution in [1.29, 1.82) is 0 Å². The van der Waals surface area contributed by atoms with Crippen LogP contribution in [0, 0.1) is 0 Å². The van der Waals surface area contributed by atoms with Crippen LogP contribution in [-0.4, -0.2) is 53.7 Å². The first-order valence-corrected chi connectivity index (χ1v) is 12.6. The molecule has 0 atom stereocenters. The van der Waals surface area contributed by atoms with Crippen LogP contribution in [0.2, 0.25) is 5.02 Å². The lowest BCUT2D eigenvalue weighted by molar-refractivity contribution is 0.238. The minimum Gasteiger partial charge on any atom is -0.492 e. The first-order chi connectivity index (χ1) is 17.6. The molecule has 190 valence electrons. The minimum absolute atomic E-state index is 0.250. The fraction of sp³-hybridized carbons (Fsp3) is 0.346. The van der Waals surface area contributed by atoms with Gasteiger partial charge in [0.25, 0.3) is 0 Å². The third kappa shape index (κ3) is 7.47. The average Bonchev–Trinajstić information content (AvgIpc) is 3.40. The topological polar surface area (TPSA) is 103 Å². The number of anilines is 4. The standard InChI is InChI=1S/C26H32ClN7O2/c1-2-28-26(35)32-23-8-4-3-7-19(23)17-29-24-22(27)18-30-25(33-24)31-20-9-11-21(12-10-20)36-16-15-34-13-5-6-14-34/h3-4,7-12,18H,2,5-6,13-17H2,1H3,(H2,28,32,35)(H2,29,30,31,33). The van der Waals surface area contributed by atoms with Gasteiger partial charge in [-0.25, -0.2) is 9.78 Å². The number of nitrogens with zero attached hydrogens (tertiary/aromatic N) is 3. The van der Waals surface area contributed by atoms with Gasteiger partial charge in [0.15, 0.2) is 5.82 Å². The molecule has 0 aliphatic carbocycles. The molecule has 9 nitrogen and oxygen atoms in total. The molecule has 0 unspecified atom stereocenters. The van der Waals surface area contributed by atoms with E-state index in [2.05, 4.69) is 36.1 Å². The van der Waals surface area contributed by atoms with Crippen molar-refractivity contribution >= 4 is 40.8 Å². The Balaban J connectivity index is 1.33. The summed E-state index contributed by atoms with van der Waals surface area (Å²) in [6.07, 6.45) is 4.12. The summed E-state index contributed by atoms with van der Waals surface area (Å²) in [5.74, 6) is 1.74. The maximum absolute atomic E-state index is 11.9. The van der Waals surface area contributed by atoms with Crippen molar-refractivity contribution in [1.82, 2.24) is 20.2 Å². The Hall–Kier alpha value is -3.56. The summed E-state index contributed by atoms with van der Waals surface area (Å²) < 4.78 is 5.87. The molecule has 2 amide bonds. The van der Waals surface area contributed by atoms with E-state index in [4.69, 9.17) is 16.3 Å². The van der Waals surface area contributed by atoms with Crippen molar-refractivity contribution in [2.75, 3.05) is 48.7 Å². The fourth-order valence-corrected chi connectivity index (χ4v) is 4.07. The smallest absolute Gasteiger partial charge is 0.319 e. The second-order valence-corrected chi connectivity index (χ2v) is 8.84. The molecule has 1 aromatic heterocycles. The highest BCUT2D eigenvalue weighted by Gasteiger charge is 2.11. The molecular formula is C26H32ClN7O2. The van der Waals surface area contributed by atoms with Crippen molar-refractivity contribution in [3.05, 3.63) is 65.3 Å². The van der Waals surface area contributed by atoms with Gasteiger partial charge < -0.3 is 26.0 Å². The Bertz CT molecular complexity index is 1140. The number of likely N-dealkylation sites (tertiary alicyclic amines) is 1. The number of amides is 2. The van der Waals surface area contributed by atoms with E-state index in [-0.39, 0.29) is 6.03 Å². The molecule has 2 heterocycles. The fourth-order valence-electron chi connectivity index (χ4n) is 3.92. The molecule has 1 aliphatic rings. The van der Waals surface area contributed by atoms with E-state index >= 15 is 0 Å². The van der Waals surface area contributed by atoms with Gasteiger partial charge in [-0.2, -0.15) is 4.98 Å². The highest BCUT2D eigenvalue weighted by molar-refractivity contribution is 6.32. The number of urea groups is 1. The van der Waals surface area contributed by atoms with Crippen LogP contribution in [0.3, 0.4) is 0 Å². The summed E-state index contributed by atoms with van der Waals surface area (Å²) >= 11 is 6.33. The summed E-state index contributed by atoms with van der Waals surface area (Å²) in [6.45, 7) is 6.82. The molecule has 0 radical (unpaired) electrons. The second-order valence-electron chi connectivity index (χ2n) is 8.43. The summed E-state index contributed by atoms with van der Waals surface area (Å²) in [6, 6.07) is 15.0. The number of halogens is 1. The highest BCUT2D eigenvalue weighted by atomic mass is 35.5. The number of carbonyl (C=O) groups excluding carboxylic acids is 1. The third-order valence-corrected chi connectivity index (χ3v) is 6.06. The number of rotatable bonds is 11. The van der Waals surface area contributed by atoms with Gasteiger partial charge in [-0.3, -0.25) is 4.90 Å². The first-order valence-electron chi connectivity index (χ1n) is 12.2. The van der Waals surface area contributed by atoms with Crippen LogP contribution in [0.25, 0.3) is 0 Å². The Morgan fingerprint density at radius 2 is 1.89 bits per heavy atom. The molecule has 10 heteroatoms. The van der Waals surface area contributed by atoms with E-state index in [1.54, 1.807) is 6.20 Å². The molecule has 0 bridgehead atoms. The molecule has 36 heavy (non-hydrogen) atoms. The van der Waals surface area contributed by atoms with Gasteiger partial charge >= 0.3 is 6.03 Å². The van der Waals surface area contributed by atoms with Gasteiger partial charge in [0, 0.05) is 31.0 Å². The van der Waals surface area contributed by atoms with Crippen LogP contribution in [0.15, 0.2) is 54.7 Å². The first kappa shape index (κ1) is 25.5. The van der Waals surface area contributed by atoms with Gasteiger partial charge in [-0.15, -0.1) is 0 Å². The summed E-state index contributed by atoms with van der Waals surface area (Å²) in [4.78, 5) is 23.2. The van der Waals surface area contributed by atoms with Gasteiger partial charge in [0.2, 0.25) is 5.95 Å². The van der Waals surface area contributed by atoms with Crippen LogP contribution < -0.4 is 26.0 Å². The van der Waals surface area contributed by atoms with Crippen molar-refractivity contribution in [3.8, 4) is 5.75 Å². The summed E-state index contributed by atoms with van der Waals surface area (Å²) in [5, 5.41) is 12.4. The van der Waals surface area contributed by atoms with Crippen LogP contribution >= 0.6 is 11.6 Å². The predicted octanol–water partition coefficient (Wildman–Crippen LogP) is 5.10. The molecule has 1 aliphatic heterocycles. The number of benzene rings is 2. The number of hydrogen-bond acceptors (Lipinski definition) is 7. The summed E-state index contributed by atoms with van der Waals surface area (Å²) in [7, 11) is 0. The summed E-state index contributed by atoms with van der Waals surface area (Å²) in [5.41, 5.74) is 2.45. The highest BCUT2D eigenvalue weighted by Crippen LogP contribution is 2.24. The lowest BCUT2D eigenvalue weighted by Gasteiger charge is -2.15. The van der Waals surface area contributed by atoms with Crippen molar-refractivity contribution < 1.29 is 9.53 Å². The van der Waals surface area contributed by atoms with Crippen molar-refractivity contribution in [2.45, 2.75) is 26.3 Å². The Morgan fingerprint density at radius 3 is 2.67 bits per heavy atom. The lowest BCUT2D eigenvalue weighted by atomic mass is 10.2. The quantitative estimate of drug-likeness (QED) is 0.285. The zero-order valence-electron chi connectivity index (χ0n) is 20.4. The number of para-hydroxylation sites is 1. The molecule has 0 spiro atoms. The number of aromatic nitrogens is 2. The molecule has 2 aromatic carbocycles. The van der Waals surface area contributed by atoms with Crippen molar-refractivity contribution in [2.24, 2.45) is 0 Å². The number of ether oxygens (including phenoxy) is 1. The van der Waals surface area contributed by atoms with Crippen molar-refractivity contribution in [3.63, 3.8) is 0 Å². The SMILES string of the molecule is CCNC(=O)Nc1ccccc1CNc1nc(Nc2ccc(OCCN3CCCC3)cc2)ncc1Cl. The monoisotopic (exact) mass is 509 g/mol. The largest absolute Gasteiger partial charge is 0.492 e. The lowest BCUT2D eigenvalue weighted by Crippen LogP contribution is -2.28. The molecule has 0 saturated carbocycles. The predicted molar refractivity (Wildman–Crippen MR) is 144 cm³/mol. The molecule has 1 fully saturated rings. The van der Waals surface area contributed by atoms with Gasteiger partial charge in [-0.05, 0) is 68.8 Å². The maximum atomic E-state index is 11.9. The Labute approximate surface area is 216 Å². The zero-order chi connectivity index (χ0) is 25.2. The number of nitrogens with one attached hydrogen (secondary N) is 4. The molecule has 4 N–H and O–H groups in total. The van der Waals surface area contributed by atoms with Gasteiger partial charge in [0.05, 0.1) is 6.20 Å². The van der Waals surface area contributed by atoms with E-state index in [1.807, 2.05) is 55.5 Å². The second kappa shape index (κ2) is 12.9. The van der Waals surface area contributed by atoms with E-state index in [9.17, 15) is 4.79 Å². The molecule has 3 aromatic rings. The van der Waals surface area contributed by atoms with E-state index in [0.29, 0.717) is 42.2 Å². The van der Waals surface area contributed by atoms with E-state index in [0.717, 1.165) is 23.5 Å². The van der Waals surface area contributed by atoms with Gasteiger partial charge in [-0.1, -0.05) is 29.8 Å². The Morgan fingerprint density at radius 1 is 1.11 bits per heavy atom. The third-order valence-electron chi connectivity index (χ3n) is 5.78. The average molecular weight is 510 g/mol. The Kier molecular flexibility index (Phi) is 9.18. The van der Waals surface area contributed by atoms with Gasteiger partial charge in [0.1, 0.15) is 17.4 Å². The maximum Gasteiger partial charge on any atom is 0.319 e. The number of hydrogen-bond donors (Lipinski definition) is 4. The molecule has 4 rings (SSSR count). The zero-order valence-corrected chi connectivity index (χ0v) is 21.1. The van der Waals surface area contributed by atoms with E-state index in [1.165, 1.54) is 25.9 Å². The van der Waals surface area contributed by atoms with Crippen LogP contribution in [0.5, 0.6) is 5.75 Å². The van der Waals surface area contributed by atoms with Crippen LogP contribution in [0.1, 0.15) is 25.3 Å². The van der Waals surface area contributed by atoms with Crippen LogP contribution in [0.4, 0.5) is 27.9 Å². The molecular weight excluding hydrogens is 478 g/mol. The van der Waals surface area contributed by atoms with E-state index < -0.39 is 0 Å². The normalized spacial score (nSPS) is 13.3. The minimum atomic E-state index is -0.250. The molecule has 1 saturated heterocycles. The number of carbonyl (C=O) groups is 1. The van der Waals surface area contributed by atoms with Crippen LogP contribution in [-0.2, 0) is 6.54 Å².